The van der Waals surface area contributed by atoms with Crippen LogP contribution in [0.25, 0.3) is 0 Å². The van der Waals surface area contributed by atoms with Crippen molar-refractivity contribution < 1.29 is 47.5 Å². The number of rotatable bonds is 10. The van der Waals surface area contributed by atoms with Gasteiger partial charge in [0, 0.05) is 11.3 Å². The molecule has 0 saturated carbocycles. The summed E-state index contributed by atoms with van der Waals surface area (Å²) in [5.41, 5.74) is 1.60. The number of amides is 1. The Balaban J connectivity index is 0.00000480. The molecule has 2 rings (SSSR count). The minimum atomic E-state index is -0.366. The van der Waals surface area contributed by atoms with Crippen LogP contribution in [0.15, 0.2) is 48.5 Å². The summed E-state index contributed by atoms with van der Waals surface area (Å²) in [7, 11) is 6.12. The summed E-state index contributed by atoms with van der Waals surface area (Å²) in [6, 6.07) is 13.7. The number of hydrogen-bond acceptors (Lipinski definition) is 4. The van der Waals surface area contributed by atoms with E-state index in [-0.39, 0.29) is 35.9 Å². The zero-order valence-electron chi connectivity index (χ0n) is 19.0. The molecule has 31 heavy (non-hydrogen) atoms. The van der Waals surface area contributed by atoms with Gasteiger partial charge in [0.1, 0.15) is 18.9 Å². The number of ether oxygens (including phenoxy) is 2. The van der Waals surface area contributed by atoms with Crippen molar-refractivity contribution in [3.8, 4) is 5.75 Å². The first-order valence-corrected chi connectivity index (χ1v) is 10.3. The summed E-state index contributed by atoms with van der Waals surface area (Å²) in [4.78, 5) is 24.5. The molecule has 0 spiro atoms. The SMILES string of the molecule is CC(C)CCOc1ccc(C(=O)Nc2ccc(C(=O)OCC[N+](C)(C)C)cc2)cc1.[I-]. The fourth-order valence-corrected chi connectivity index (χ4v) is 2.50. The van der Waals surface area contributed by atoms with E-state index >= 15 is 0 Å². The summed E-state index contributed by atoms with van der Waals surface area (Å²) >= 11 is 0. The summed E-state index contributed by atoms with van der Waals surface area (Å²) in [5, 5.41) is 2.83. The van der Waals surface area contributed by atoms with Gasteiger partial charge in [0.25, 0.3) is 5.91 Å². The third-order valence-electron chi connectivity index (χ3n) is 4.45. The molecule has 0 aliphatic heterocycles. The predicted octanol–water partition coefficient (Wildman–Crippen LogP) is 1.23. The molecule has 0 heterocycles. The highest BCUT2D eigenvalue weighted by atomic mass is 127. The smallest absolute Gasteiger partial charge is 0.338 e. The number of nitrogens with one attached hydrogen (secondary N) is 1. The average Bonchev–Trinajstić information content (AvgIpc) is 2.67. The van der Waals surface area contributed by atoms with E-state index in [4.69, 9.17) is 9.47 Å². The van der Waals surface area contributed by atoms with E-state index in [0.717, 1.165) is 23.2 Å². The first kappa shape index (κ1) is 26.9. The normalized spacial score (nSPS) is 10.9. The molecule has 7 heteroatoms. The molecule has 0 aliphatic carbocycles. The van der Waals surface area contributed by atoms with E-state index in [1.165, 1.54) is 0 Å². The van der Waals surface area contributed by atoms with E-state index in [1.54, 1.807) is 48.5 Å². The average molecular weight is 540 g/mol. The molecular weight excluding hydrogens is 507 g/mol. The lowest BCUT2D eigenvalue weighted by molar-refractivity contribution is -0.870. The van der Waals surface area contributed by atoms with Crippen LogP contribution in [0, 0.1) is 5.92 Å². The van der Waals surface area contributed by atoms with Crippen LogP contribution >= 0.6 is 0 Å². The number of carbonyl (C=O) groups excluding carboxylic acids is 2. The maximum absolute atomic E-state index is 12.4. The standard InChI is InChI=1S/C24H32N2O4.HI/c1-18(2)14-16-29-22-12-8-19(9-13-22)23(27)25-21-10-6-20(7-11-21)24(28)30-17-15-26(3,4)5;/h6-13,18H,14-17H2,1-5H3;1H. The van der Waals surface area contributed by atoms with Gasteiger partial charge in [-0.25, -0.2) is 4.79 Å². The summed E-state index contributed by atoms with van der Waals surface area (Å²) in [5.74, 6) is 0.753. The lowest BCUT2D eigenvalue weighted by Gasteiger charge is -2.23. The number of anilines is 1. The van der Waals surface area contributed by atoms with Crippen molar-refractivity contribution >= 4 is 17.6 Å². The number of nitrogens with zero attached hydrogens (tertiary/aromatic N) is 1. The predicted molar refractivity (Wildman–Crippen MR) is 119 cm³/mol. The lowest BCUT2D eigenvalue weighted by Crippen LogP contribution is -3.00. The van der Waals surface area contributed by atoms with Gasteiger partial charge in [-0.15, -0.1) is 0 Å². The Morgan fingerprint density at radius 1 is 0.903 bits per heavy atom. The quantitative estimate of drug-likeness (QED) is 0.280. The van der Waals surface area contributed by atoms with E-state index in [2.05, 4.69) is 19.2 Å². The molecular formula is C24H33IN2O4. The van der Waals surface area contributed by atoms with Crippen LogP contribution < -0.4 is 34.0 Å². The van der Waals surface area contributed by atoms with Gasteiger partial charge in [0.2, 0.25) is 0 Å². The molecule has 6 nitrogen and oxygen atoms in total. The monoisotopic (exact) mass is 540 g/mol. The first-order valence-electron chi connectivity index (χ1n) is 10.3. The van der Waals surface area contributed by atoms with Crippen molar-refractivity contribution in [1.82, 2.24) is 0 Å². The van der Waals surface area contributed by atoms with Crippen molar-refractivity contribution in [3.05, 3.63) is 59.7 Å². The van der Waals surface area contributed by atoms with Gasteiger partial charge in [-0.1, -0.05) is 13.8 Å². The molecule has 2 aromatic rings. The van der Waals surface area contributed by atoms with E-state index < -0.39 is 0 Å². The Kier molecular flexibility index (Phi) is 11.0. The maximum atomic E-state index is 12.4. The topological polar surface area (TPSA) is 64.6 Å². The number of quaternary nitrogens is 1. The van der Waals surface area contributed by atoms with Gasteiger partial charge in [0.15, 0.2) is 0 Å². The Morgan fingerprint density at radius 2 is 1.48 bits per heavy atom. The van der Waals surface area contributed by atoms with Crippen LogP contribution in [-0.2, 0) is 4.74 Å². The molecule has 0 atom stereocenters. The second kappa shape index (κ2) is 12.7. The highest BCUT2D eigenvalue weighted by Gasteiger charge is 2.12. The van der Waals surface area contributed by atoms with Crippen LogP contribution in [0.1, 0.15) is 41.0 Å². The number of likely N-dealkylation sites (N-methyl/N-ethyl adjacent to an activating group) is 1. The van der Waals surface area contributed by atoms with E-state index in [1.807, 2.05) is 21.1 Å². The zero-order chi connectivity index (χ0) is 22.1. The van der Waals surface area contributed by atoms with Gasteiger partial charge in [-0.2, -0.15) is 0 Å². The van der Waals surface area contributed by atoms with Crippen LogP contribution in [0.2, 0.25) is 0 Å². The van der Waals surface area contributed by atoms with Gasteiger partial charge < -0.3 is 43.3 Å². The molecule has 0 aromatic heterocycles. The molecule has 0 aliphatic rings. The van der Waals surface area contributed by atoms with Gasteiger partial charge >= 0.3 is 5.97 Å². The first-order chi connectivity index (χ1) is 14.1. The fraction of sp³-hybridized carbons (Fsp3) is 0.417. The van der Waals surface area contributed by atoms with E-state index in [9.17, 15) is 9.59 Å². The van der Waals surface area contributed by atoms with Crippen LogP contribution in [0.3, 0.4) is 0 Å². The minimum absolute atomic E-state index is 0. The third-order valence-corrected chi connectivity index (χ3v) is 4.45. The molecule has 0 bridgehead atoms. The van der Waals surface area contributed by atoms with Crippen molar-refractivity contribution in [3.63, 3.8) is 0 Å². The van der Waals surface area contributed by atoms with Gasteiger partial charge in [-0.05, 0) is 60.9 Å². The second-order valence-corrected chi connectivity index (χ2v) is 8.74. The number of benzene rings is 2. The number of esters is 1. The number of carbonyl (C=O) groups is 2. The Morgan fingerprint density at radius 3 is 2.03 bits per heavy atom. The lowest BCUT2D eigenvalue weighted by atomic mass is 10.1. The molecule has 0 radical (unpaired) electrons. The largest absolute Gasteiger partial charge is 1.00 e. The maximum Gasteiger partial charge on any atom is 0.338 e. The van der Waals surface area contributed by atoms with Crippen LogP contribution in [0.5, 0.6) is 5.75 Å². The summed E-state index contributed by atoms with van der Waals surface area (Å²) < 4.78 is 11.7. The van der Waals surface area contributed by atoms with Crippen LogP contribution in [-0.4, -0.2) is 57.3 Å². The van der Waals surface area contributed by atoms with Gasteiger partial charge in [0.05, 0.1) is 33.3 Å². The van der Waals surface area contributed by atoms with Crippen molar-refractivity contribution in [1.29, 1.82) is 0 Å². The second-order valence-electron chi connectivity index (χ2n) is 8.74. The van der Waals surface area contributed by atoms with Crippen molar-refractivity contribution in [2.24, 2.45) is 5.92 Å². The summed E-state index contributed by atoms with van der Waals surface area (Å²) in [6.45, 7) is 6.06. The van der Waals surface area contributed by atoms with E-state index in [0.29, 0.717) is 35.9 Å². The Labute approximate surface area is 202 Å². The molecule has 0 unspecified atom stereocenters. The third kappa shape index (κ3) is 10.1. The minimum Gasteiger partial charge on any atom is -1.00 e. The molecule has 0 saturated heterocycles. The fourth-order valence-electron chi connectivity index (χ4n) is 2.50. The Bertz CT molecular complexity index is 828. The highest BCUT2D eigenvalue weighted by molar-refractivity contribution is 6.04. The molecule has 2 aromatic carbocycles. The van der Waals surface area contributed by atoms with Crippen molar-refractivity contribution in [2.45, 2.75) is 20.3 Å². The molecule has 170 valence electrons. The highest BCUT2D eigenvalue weighted by Crippen LogP contribution is 2.16. The molecule has 0 fully saturated rings. The summed E-state index contributed by atoms with van der Waals surface area (Å²) in [6.07, 6.45) is 0.988. The van der Waals surface area contributed by atoms with Crippen LogP contribution in [0.4, 0.5) is 5.69 Å². The zero-order valence-corrected chi connectivity index (χ0v) is 21.1. The number of halogens is 1. The Hall–Kier alpha value is -2.13. The molecule has 1 amide bonds. The molecule has 1 N–H and O–H groups in total. The van der Waals surface area contributed by atoms with Gasteiger partial charge in [-0.3, -0.25) is 4.79 Å². The number of hydrogen-bond donors (Lipinski definition) is 1. The van der Waals surface area contributed by atoms with Crippen molar-refractivity contribution in [2.75, 3.05) is 46.2 Å².